The number of piperazine rings is 1. The van der Waals surface area contributed by atoms with Gasteiger partial charge in [0.05, 0.1) is 10.6 Å². The van der Waals surface area contributed by atoms with Gasteiger partial charge in [-0.15, -0.1) is 12.4 Å². The predicted molar refractivity (Wildman–Crippen MR) is 109 cm³/mol. The molecule has 1 aliphatic heterocycles. The van der Waals surface area contributed by atoms with E-state index in [2.05, 4.69) is 4.90 Å². The molecule has 2 aromatic carbocycles. The van der Waals surface area contributed by atoms with E-state index in [9.17, 15) is 17.6 Å². The van der Waals surface area contributed by atoms with Crippen LogP contribution in [-0.4, -0.2) is 56.1 Å². The number of nitrogens with zero attached hydrogens (tertiary/aromatic N) is 2. The van der Waals surface area contributed by atoms with Crippen molar-refractivity contribution in [2.24, 2.45) is 0 Å². The molecule has 1 amide bonds. The van der Waals surface area contributed by atoms with Crippen molar-refractivity contribution in [1.82, 2.24) is 9.80 Å². The van der Waals surface area contributed by atoms with E-state index in [1.54, 1.807) is 47.4 Å². The summed E-state index contributed by atoms with van der Waals surface area (Å²) in [5, 5.41) is 0. The molecule has 0 atom stereocenters. The SMILES string of the molecule is Cl.O=C(CCS(=O)(=O)c1ccccc1)N1CCN(Cc2ccccc2F)CC1. The van der Waals surface area contributed by atoms with Crippen LogP contribution in [-0.2, 0) is 21.2 Å². The van der Waals surface area contributed by atoms with Crippen molar-refractivity contribution < 1.29 is 17.6 Å². The molecule has 0 bridgehead atoms. The Morgan fingerprint density at radius 1 is 0.929 bits per heavy atom. The number of halogens is 2. The van der Waals surface area contributed by atoms with E-state index in [1.165, 1.54) is 6.07 Å². The first-order chi connectivity index (χ1) is 13.0. The van der Waals surface area contributed by atoms with Gasteiger partial charge >= 0.3 is 0 Å². The van der Waals surface area contributed by atoms with E-state index in [4.69, 9.17) is 0 Å². The smallest absolute Gasteiger partial charge is 0.223 e. The molecule has 0 N–H and O–H groups in total. The summed E-state index contributed by atoms with van der Waals surface area (Å²) in [6.07, 6.45) is -0.0233. The van der Waals surface area contributed by atoms with Gasteiger partial charge in [0.1, 0.15) is 5.82 Å². The van der Waals surface area contributed by atoms with E-state index in [1.807, 2.05) is 6.07 Å². The number of sulfone groups is 1. The second-order valence-corrected chi connectivity index (χ2v) is 8.74. The summed E-state index contributed by atoms with van der Waals surface area (Å²) in [5.74, 6) is -0.562. The number of hydrogen-bond donors (Lipinski definition) is 0. The Balaban J connectivity index is 0.00000280. The lowest BCUT2D eigenvalue weighted by Gasteiger charge is -2.34. The van der Waals surface area contributed by atoms with Gasteiger partial charge in [0.2, 0.25) is 5.91 Å². The van der Waals surface area contributed by atoms with Crippen molar-refractivity contribution in [2.75, 3.05) is 31.9 Å². The van der Waals surface area contributed by atoms with E-state index >= 15 is 0 Å². The highest BCUT2D eigenvalue weighted by Crippen LogP contribution is 2.14. The normalized spacial score (nSPS) is 15.1. The third-order valence-corrected chi connectivity index (χ3v) is 6.50. The van der Waals surface area contributed by atoms with Gasteiger partial charge in [-0.25, -0.2) is 12.8 Å². The Bertz CT molecular complexity index is 885. The second-order valence-electron chi connectivity index (χ2n) is 6.63. The Hall–Kier alpha value is -1.96. The number of benzene rings is 2. The molecular weight excluding hydrogens is 403 g/mol. The molecular formula is C20H24ClFN2O3S. The third-order valence-electron chi connectivity index (χ3n) is 4.76. The van der Waals surface area contributed by atoms with Crippen molar-refractivity contribution in [1.29, 1.82) is 0 Å². The van der Waals surface area contributed by atoms with E-state index < -0.39 is 9.84 Å². The maximum Gasteiger partial charge on any atom is 0.223 e. The van der Waals surface area contributed by atoms with Crippen LogP contribution in [0.2, 0.25) is 0 Å². The third kappa shape index (κ3) is 5.77. The van der Waals surface area contributed by atoms with Gasteiger partial charge in [-0.2, -0.15) is 0 Å². The van der Waals surface area contributed by atoms with Crippen LogP contribution in [0.5, 0.6) is 0 Å². The zero-order chi connectivity index (χ0) is 19.3. The van der Waals surface area contributed by atoms with Crippen LogP contribution in [0.4, 0.5) is 4.39 Å². The summed E-state index contributed by atoms with van der Waals surface area (Å²) in [5.41, 5.74) is 0.645. The summed E-state index contributed by atoms with van der Waals surface area (Å²) < 4.78 is 38.3. The van der Waals surface area contributed by atoms with Crippen LogP contribution in [0, 0.1) is 5.82 Å². The highest BCUT2D eigenvalue weighted by Gasteiger charge is 2.23. The van der Waals surface area contributed by atoms with Crippen molar-refractivity contribution in [3.63, 3.8) is 0 Å². The molecule has 5 nitrogen and oxygen atoms in total. The molecule has 0 unspecified atom stereocenters. The Morgan fingerprint density at radius 2 is 1.54 bits per heavy atom. The van der Waals surface area contributed by atoms with Crippen molar-refractivity contribution in [3.05, 3.63) is 66.0 Å². The summed E-state index contributed by atoms with van der Waals surface area (Å²) in [7, 11) is -3.45. The lowest BCUT2D eigenvalue weighted by Crippen LogP contribution is -2.48. The fourth-order valence-electron chi connectivity index (χ4n) is 3.15. The summed E-state index contributed by atoms with van der Waals surface area (Å²) in [6.45, 7) is 2.85. The summed E-state index contributed by atoms with van der Waals surface area (Å²) in [6, 6.07) is 14.9. The van der Waals surface area contributed by atoms with Gasteiger partial charge < -0.3 is 4.90 Å². The van der Waals surface area contributed by atoms with Gasteiger partial charge in [-0.05, 0) is 18.2 Å². The van der Waals surface area contributed by atoms with Crippen LogP contribution in [0.15, 0.2) is 59.5 Å². The molecule has 0 saturated carbocycles. The monoisotopic (exact) mass is 426 g/mol. The standard InChI is InChI=1S/C20H23FN2O3S.ClH/c21-19-9-5-4-6-17(19)16-22-11-13-23(14-12-22)20(24)10-15-27(25,26)18-7-2-1-3-8-18;/h1-9H,10-16H2;1H. The Labute approximate surface area is 171 Å². The highest BCUT2D eigenvalue weighted by atomic mass is 35.5. The molecule has 3 rings (SSSR count). The predicted octanol–water partition coefficient (Wildman–Crippen LogP) is 2.76. The van der Waals surface area contributed by atoms with E-state index in [0.29, 0.717) is 38.3 Å². The maximum absolute atomic E-state index is 13.8. The number of carbonyl (C=O) groups is 1. The fraction of sp³-hybridized carbons (Fsp3) is 0.350. The first-order valence-electron chi connectivity index (χ1n) is 8.97. The first-order valence-corrected chi connectivity index (χ1v) is 10.6. The van der Waals surface area contributed by atoms with E-state index in [0.717, 1.165) is 0 Å². The van der Waals surface area contributed by atoms with Gasteiger partial charge in [0.25, 0.3) is 0 Å². The van der Waals surface area contributed by atoms with Crippen molar-refractivity contribution >= 4 is 28.2 Å². The van der Waals surface area contributed by atoms with Crippen LogP contribution in [0.1, 0.15) is 12.0 Å². The lowest BCUT2D eigenvalue weighted by molar-refractivity contribution is -0.132. The molecule has 1 aliphatic rings. The van der Waals surface area contributed by atoms with E-state index in [-0.39, 0.29) is 41.2 Å². The zero-order valence-corrected chi connectivity index (χ0v) is 17.1. The van der Waals surface area contributed by atoms with Crippen LogP contribution in [0.3, 0.4) is 0 Å². The second kappa shape index (κ2) is 10.0. The van der Waals surface area contributed by atoms with Crippen molar-refractivity contribution in [3.8, 4) is 0 Å². The minimum atomic E-state index is -3.45. The largest absolute Gasteiger partial charge is 0.340 e. The first kappa shape index (κ1) is 22.3. The van der Waals surface area contributed by atoms with Gasteiger partial charge in [0.15, 0.2) is 9.84 Å². The van der Waals surface area contributed by atoms with Gasteiger partial charge in [-0.1, -0.05) is 36.4 Å². The minimum absolute atomic E-state index is 0. The topological polar surface area (TPSA) is 57.7 Å². The number of rotatable bonds is 6. The van der Waals surface area contributed by atoms with Crippen LogP contribution >= 0.6 is 12.4 Å². The zero-order valence-electron chi connectivity index (χ0n) is 15.5. The number of hydrogen-bond acceptors (Lipinski definition) is 4. The fourth-order valence-corrected chi connectivity index (χ4v) is 4.40. The molecule has 152 valence electrons. The Morgan fingerprint density at radius 3 is 2.18 bits per heavy atom. The Kier molecular flexibility index (Phi) is 7.98. The summed E-state index contributed by atoms with van der Waals surface area (Å²) >= 11 is 0. The maximum atomic E-state index is 13.8. The molecule has 1 heterocycles. The average Bonchev–Trinajstić information content (AvgIpc) is 2.69. The van der Waals surface area contributed by atoms with Gasteiger partial charge in [-0.3, -0.25) is 9.69 Å². The quantitative estimate of drug-likeness (QED) is 0.712. The molecule has 2 aromatic rings. The average molecular weight is 427 g/mol. The minimum Gasteiger partial charge on any atom is -0.340 e. The van der Waals surface area contributed by atoms with Crippen molar-refractivity contribution in [2.45, 2.75) is 17.9 Å². The summed E-state index contributed by atoms with van der Waals surface area (Å²) in [4.78, 5) is 16.4. The molecule has 1 saturated heterocycles. The molecule has 0 aliphatic carbocycles. The molecule has 0 radical (unpaired) electrons. The molecule has 28 heavy (non-hydrogen) atoms. The molecule has 1 fully saturated rings. The van der Waals surface area contributed by atoms with Crippen LogP contribution in [0.25, 0.3) is 0 Å². The van der Waals surface area contributed by atoms with Gasteiger partial charge in [0, 0.05) is 44.7 Å². The van der Waals surface area contributed by atoms with Crippen LogP contribution < -0.4 is 0 Å². The number of carbonyl (C=O) groups excluding carboxylic acids is 1. The molecule has 0 aromatic heterocycles. The molecule has 8 heteroatoms. The number of amides is 1. The lowest BCUT2D eigenvalue weighted by atomic mass is 10.2. The molecule has 0 spiro atoms. The highest BCUT2D eigenvalue weighted by molar-refractivity contribution is 7.91.